The molecule has 4 nitrogen and oxygen atoms in total. The molecule has 2 unspecified atom stereocenters. The van der Waals surface area contributed by atoms with Crippen LogP contribution >= 0.6 is 15.9 Å². The molecular weight excluding hydrogens is 252 g/mol. The summed E-state index contributed by atoms with van der Waals surface area (Å²) < 4.78 is 9.52. The van der Waals surface area contributed by atoms with Gasteiger partial charge in [-0.1, -0.05) is 0 Å². The average molecular weight is 263 g/mol. The molecule has 0 heterocycles. The predicted molar refractivity (Wildman–Crippen MR) is 54.3 cm³/mol. The van der Waals surface area contributed by atoms with Gasteiger partial charge in [0.25, 0.3) is 0 Å². The van der Waals surface area contributed by atoms with E-state index in [1.807, 2.05) is 0 Å². The van der Waals surface area contributed by atoms with Crippen LogP contribution in [-0.2, 0) is 14.3 Å². The van der Waals surface area contributed by atoms with Crippen LogP contribution in [0.5, 0.6) is 0 Å². The first-order valence-electron chi connectivity index (χ1n) is 3.94. The zero-order valence-electron chi connectivity index (χ0n) is 7.86. The second-order valence-corrected chi connectivity index (χ2v) is 4.06. The molecule has 5 heteroatoms. The summed E-state index contributed by atoms with van der Waals surface area (Å²) in [6.45, 7) is 0. The van der Waals surface area contributed by atoms with E-state index in [2.05, 4.69) is 15.9 Å². The molecule has 1 aliphatic rings. The number of hydrogen-bond acceptors (Lipinski definition) is 3. The molecule has 78 valence electrons. The van der Waals surface area contributed by atoms with E-state index in [0.717, 1.165) is 0 Å². The lowest BCUT2D eigenvalue weighted by molar-refractivity contribution is -0.132. The highest BCUT2D eigenvalue weighted by molar-refractivity contribution is 9.10. The quantitative estimate of drug-likeness (QED) is 0.780. The minimum Gasteiger partial charge on any atom is -0.478 e. The number of methoxy groups -OCH3 is 2. The molecule has 0 saturated heterocycles. The Labute approximate surface area is 90.3 Å². The number of rotatable bonds is 3. The standard InChI is InChI=1S/C9H11BrO4/c1-13-7-5-6(8(11)12)3-4-9(7,10)14-2/h3-5,7H,1-2H3,(H,11,12). The molecule has 0 bridgehead atoms. The molecule has 0 saturated carbocycles. The smallest absolute Gasteiger partial charge is 0.335 e. The number of aliphatic carboxylic acids is 1. The van der Waals surface area contributed by atoms with Crippen molar-refractivity contribution in [2.24, 2.45) is 0 Å². The fraction of sp³-hybridized carbons (Fsp3) is 0.444. The first kappa shape index (κ1) is 11.4. The Morgan fingerprint density at radius 1 is 1.64 bits per heavy atom. The van der Waals surface area contributed by atoms with Crippen molar-refractivity contribution < 1.29 is 19.4 Å². The number of halogens is 1. The molecule has 14 heavy (non-hydrogen) atoms. The van der Waals surface area contributed by atoms with Gasteiger partial charge in [-0.2, -0.15) is 0 Å². The van der Waals surface area contributed by atoms with Crippen LogP contribution in [0.4, 0.5) is 0 Å². The van der Waals surface area contributed by atoms with Gasteiger partial charge in [-0.25, -0.2) is 4.79 Å². The zero-order chi connectivity index (χ0) is 10.8. The first-order chi connectivity index (χ1) is 6.53. The van der Waals surface area contributed by atoms with E-state index in [9.17, 15) is 4.79 Å². The van der Waals surface area contributed by atoms with Crippen molar-refractivity contribution in [3.8, 4) is 0 Å². The highest BCUT2D eigenvalue weighted by Crippen LogP contribution is 2.32. The summed E-state index contributed by atoms with van der Waals surface area (Å²) in [5.41, 5.74) is 0.198. The molecule has 0 radical (unpaired) electrons. The molecule has 2 atom stereocenters. The molecular formula is C9H11BrO4. The number of ether oxygens (including phenoxy) is 2. The Hall–Kier alpha value is -0.650. The Morgan fingerprint density at radius 3 is 2.71 bits per heavy atom. The first-order valence-corrected chi connectivity index (χ1v) is 4.74. The maximum atomic E-state index is 10.7. The van der Waals surface area contributed by atoms with Gasteiger partial charge < -0.3 is 14.6 Å². The van der Waals surface area contributed by atoms with E-state index < -0.39 is 16.6 Å². The van der Waals surface area contributed by atoms with Crippen molar-refractivity contribution in [2.75, 3.05) is 14.2 Å². The molecule has 1 rings (SSSR count). The van der Waals surface area contributed by atoms with Gasteiger partial charge in [0.2, 0.25) is 0 Å². The highest BCUT2D eigenvalue weighted by Gasteiger charge is 2.36. The van der Waals surface area contributed by atoms with Crippen LogP contribution in [0, 0.1) is 0 Å². The Morgan fingerprint density at radius 2 is 2.29 bits per heavy atom. The lowest BCUT2D eigenvalue weighted by atomic mass is 10.0. The van der Waals surface area contributed by atoms with Crippen LogP contribution in [0.1, 0.15) is 0 Å². The summed E-state index contributed by atoms with van der Waals surface area (Å²) in [6, 6.07) is 0. The number of carboxylic acids is 1. The molecule has 1 aliphatic carbocycles. The lowest BCUT2D eigenvalue weighted by Gasteiger charge is -2.31. The van der Waals surface area contributed by atoms with Crippen molar-refractivity contribution in [1.29, 1.82) is 0 Å². The molecule has 1 N–H and O–H groups in total. The molecule has 0 aromatic carbocycles. The number of carbonyl (C=O) groups is 1. The van der Waals surface area contributed by atoms with Crippen LogP contribution in [-0.4, -0.2) is 35.9 Å². The largest absolute Gasteiger partial charge is 0.478 e. The molecule has 0 aliphatic heterocycles. The van der Waals surface area contributed by atoms with Gasteiger partial charge in [-0.15, -0.1) is 0 Å². The normalized spacial score (nSPS) is 31.4. The molecule has 0 aromatic heterocycles. The summed E-state index contributed by atoms with van der Waals surface area (Å²) in [5, 5.41) is 8.76. The van der Waals surface area contributed by atoms with E-state index in [-0.39, 0.29) is 5.57 Å². The van der Waals surface area contributed by atoms with Crippen molar-refractivity contribution in [1.82, 2.24) is 0 Å². The molecule has 0 aromatic rings. The van der Waals surface area contributed by atoms with Crippen molar-refractivity contribution in [3.63, 3.8) is 0 Å². The van der Waals surface area contributed by atoms with Crippen LogP contribution in [0.15, 0.2) is 23.8 Å². The van der Waals surface area contributed by atoms with Crippen molar-refractivity contribution in [3.05, 3.63) is 23.8 Å². The fourth-order valence-electron chi connectivity index (χ4n) is 1.19. The Balaban J connectivity index is 2.96. The van der Waals surface area contributed by atoms with Gasteiger partial charge in [-0.3, -0.25) is 0 Å². The van der Waals surface area contributed by atoms with E-state index in [1.165, 1.54) is 26.4 Å². The summed E-state index contributed by atoms with van der Waals surface area (Å²) >= 11 is 3.33. The second kappa shape index (κ2) is 4.25. The molecule has 0 amide bonds. The van der Waals surface area contributed by atoms with Crippen LogP contribution in [0.2, 0.25) is 0 Å². The van der Waals surface area contributed by atoms with E-state index in [0.29, 0.717) is 0 Å². The van der Waals surface area contributed by atoms with Gasteiger partial charge in [-0.05, 0) is 34.2 Å². The third-order valence-electron chi connectivity index (χ3n) is 2.02. The van der Waals surface area contributed by atoms with Gasteiger partial charge in [0.15, 0.2) is 4.51 Å². The zero-order valence-corrected chi connectivity index (χ0v) is 9.45. The Kier molecular flexibility index (Phi) is 3.47. The summed E-state index contributed by atoms with van der Waals surface area (Å²) in [5.74, 6) is -0.978. The third-order valence-corrected chi connectivity index (χ3v) is 3.06. The van der Waals surface area contributed by atoms with Gasteiger partial charge >= 0.3 is 5.97 Å². The maximum absolute atomic E-state index is 10.7. The van der Waals surface area contributed by atoms with Crippen LogP contribution in [0.3, 0.4) is 0 Å². The van der Waals surface area contributed by atoms with Crippen molar-refractivity contribution in [2.45, 2.75) is 10.6 Å². The summed E-state index contributed by atoms with van der Waals surface area (Å²) in [6.07, 6.45) is 4.14. The maximum Gasteiger partial charge on any atom is 0.335 e. The van der Waals surface area contributed by atoms with Crippen molar-refractivity contribution >= 4 is 21.9 Å². The second-order valence-electron chi connectivity index (χ2n) is 2.82. The van der Waals surface area contributed by atoms with Gasteiger partial charge in [0.1, 0.15) is 6.10 Å². The number of alkyl halides is 1. The van der Waals surface area contributed by atoms with E-state index in [4.69, 9.17) is 14.6 Å². The SMILES string of the molecule is COC1C=C(C(=O)O)C=CC1(Br)OC. The highest BCUT2D eigenvalue weighted by atomic mass is 79.9. The number of carboxylic acid groups (broad SMARTS) is 1. The topological polar surface area (TPSA) is 55.8 Å². The molecule has 0 spiro atoms. The monoisotopic (exact) mass is 262 g/mol. The summed E-state index contributed by atoms with van der Waals surface area (Å²) in [7, 11) is 3.01. The number of hydrogen-bond donors (Lipinski definition) is 1. The fourth-order valence-corrected chi connectivity index (χ4v) is 1.64. The third kappa shape index (κ3) is 2.05. The van der Waals surface area contributed by atoms with E-state index >= 15 is 0 Å². The van der Waals surface area contributed by atoms with E-state index in [1.54, 1.807) is 6.08 Å². The average Bonchev–Trinajstić information content (AvgIpc) is 2.18. The van der Waals surface area contributed by atoms with Crippen LogP contribution < -0.4 is 0 Å². The minimum absolute atomic E-state index is 0.198. The molecule has 0 fully saturated rings. The lowest BCUT2D eigenvalue weighted by Crippen LogP contribution is -2.38. The van der Waals surface area contributed by atoms with Crippen LogP contribution in [0.25, 0.3) is 0 Å². The minimum atomic E-state index is -0.978. The Bertz CT molecular complexity index is 297. The summed E-state index contributed by atoms with van der Waals surface area (Å²) in [4.78, 5) is 10.7. The van der Waals surface area contributed by atoms with Gasteiger partial charge in [0, 0.05) is 14.2 Å². The predicted octanol–water partition coefficient (Wildman–Crippen LogP) is 1.32. The van der Waals surface area contributed by atoms with Gasteiger partial charge in [0.05, 0.1) is 5.57 Å².